The largest absolute Gasteiger partial charge is 0.393 e. The molecular formula is C47H54N4O5. The summed E-state index contributed by atoms with van der Waals surface area (Å²) in [7, 11) is 0. The molecule has 4 atom stereocenters. The predicted molar refractivity (Wildman–Crippen MR) is 217 cm³/mol. The van der Waals surface area contributed by atoms with Crippen LogP contribution in [0.2, 0.25) is 0 Å². The molecule has 4 bridgehead atoms. The highest BCUT2D eigenvalue weighted by atomic mass is 16.3. The van der Waals surface area contributed by atoms with Crippen molar-refractivity contribution in [2.24, 2.45) is 16.7 Å². The van der Waals surface area contributed by atoms with Crippen molar-refractivity contribution in [2.45, 2.75) is 90.6 Å². The summed E-state index contributed by atoms with van der Waals surface area (Å²) in [6, 6.07) is 33.7. The zero-order valence-corrected chi connectivity index (χ0v) is 32.7. The third-order valence-electron chi connectivity index (χ3n) is 13.2. The summed E-state index contributed by atoms with van der Waals surface area (Å²) in [6.07, 6.45) is 5.48. The molecule has 0 aromatic heterocycles. The first-order chi connectivity index (χ1) is 26.9. The molecule has 0 spiro atoms. The number of carbonyl (C=O) groups excluding carboxylic acids is 4. The number of aliphatic hydroxyl groups excluding tert-OH is 1. The number of likely N-dealkylation sites (tertiary alicyclic amines) is 1. The Labute approximate surface area is 330 Å². The van der Waals surface area contributed by atoms with Crippen molar-refractivity contribution in [3.8, 4) is 0 Å². The Bertz CT molecular complexity index is 2000. The normalized spacial score (nSPS) is 24.4. The van der Waals surface area contributed by atoms with E-state index in [0.717, 1.165) is 42.6 Å². The van der Waals surface area contributed by atoms with Crippen LogP contribution in [0.3, 0.4) is 0 Å². The van der Waals surface area contributed by atoms with Gasteiger partial charge in [-0.15, -0.1) is 0 Å². The fourth-order valence-electron chi connectivity index (χ4n) is 9.27. The van der Waals surface area contributed by atoms with Crippen LogP contribution < -0.4 is 10.6 Å². The third kappa shape index (κ3) is 8.28. The maximum absolute atomic E-state index is 13.1. The summed E-state index contributed by atoms with van der Waals surface area (Å²) in [5.41, 5.74) is 5.11. The van der Waals surface area contributed by atoms with Crippen LogP contribution >= 0.6 is 0 Å². The molecule has 3 heterocycles. The van der Waals surface area contributed by atoms with Crippen LogP contribution in [0, 0.1) is 16.7 Å². The third-order valence-corrected chi connectivity index (χ3v) is 13.2. The molecule has 4 unspecified atom stereocenters. The van der Waals surface area contributed by atoms with E-state index in [-0.39, 0.29) is 47.2 Å². The van der Waals surface area contributed by atoms with Gasteiger partial charge >= 0.3 is 0 Å². The lowest BCUT2D eigenvalue weighted by Crippen LogP contribution is -2.53. The Balaban J connectivity index is 0.000000172. The van der Waals surface area contributed by atoms with Crippen LogP contribution in [0.5, 0.6) is 0 Å². The molecule has 1 aliphatic carbocycles. The molecule has 9 nitrogen and oxygen atoms in total. The molecule has 56 heavy (non-hydrogen) atoms. The number of benzene rings is 4. The number of rotatable bonds is 8. The number of hydrogen-bond donors (Lipinski definition) is 3. The second-order valence-corrected chi connectivity index (χ2v) is 16.9. The van der Waals surface area contributed by atoms with Gasteiger partial charge < -0.3 is 25.5 Å². The molecule has 3 aliphatic heterocycles. The monoisotopic (exact) mass is 754 g/mol. The van der Waals surface area contributed by atoms with Gasteiger partial charge in [0.2, 0.25) is 0 Å². The number of nitrogens with one attached hydrogen (secondary N) is 2. The highest BCUT2D eigenvalue weighted by Crippen LogP contribution is 2.59. The van der Waals surface area contributed by atoms with Crippen LogP contribution in [0.25, 0.3) is 0 Å². The second kappa shape index (κ2) is 16.4. The first-order valence-corrected chi connectivity index (χ1v) is 20.1. The van der Waals surface area contributed by atoms with Crippen molar-refractivity contribution in [2.75, 3.05) is 13.1 Å². The van der Waals surface area contributed by atoms with E-state index in [2.05, 4.69) is 36.3 Å². The summed E-state index contributed by atoms with van der Waals surface area (Å²) in [4.78, 5) is 54.3. The standard InChI is InChI=1S/C25H30N2O2.C22H24N2O3/c1-24(2)21-13-14-25(24,3)17-27(16-21)23(29)20-11-9-18(10-12-20)15-26-22(28)19-7-5-4-6-8-19;25-20-12-18-10-11-19(13-20)24(18)22(27)17-8-6-15(7-9-17)14-23-21(26)16-4-2-1-3-5-16/h4-12,21H,13-17H2,1-3H3,(H,26,28);1-9,18-20,25H,10-14H2,(H,23,26). The van der Waals surface area contributed by atoms with Crippen LogP contribution in [0.15, 0.2) is 109 Å². The molecule has 0 radical (unpaired) electrons. The van der Waals surface area contributed by atoms with Crippen LogP contribution in [0.4, 0.5) is 0 Å². The minimum absolute atomic E-state index is 0.0503. The molecule has 3 saturated heterocycles. The average Bonchev–Trinajstić information content (AvgIpc) is 3.51. The van der Waals surface area contributed by atoms with Gasteiger partial charge in [-0.2, -0.15) is 0 Å². The van der Waals surface area contributed by atoms with Gasteiger partial charge in [0.05, 0.1) is 6.10 Å². The van der Waals surface area contributed by atoms with Gasteiger partial charge in [0.1, 0.15) is 0 Å². The lowest BCUT2D eigenvalue weighted by molar-refractivity contribution is -0.0107. The van der Waals surface area contributed by atoms with Gasteiger partial charge in [-0.1, -0.05) is 81.4 Å². The first kappa shape index (κ1) is 39.0. The zero-order valence-electron chi connectivity index (χ0n) is 32.7. The van der Waals surface area contributed by atoms with Gasteiger partial charge in [0.15, 0.2) is 0 Å². The molecular weight excluding hydrogens is 701 g/mol. The Hall–Kier alpha value is -5.28. The van der Waals surface area contributed by atoms with E-state index in [1.807, 2.05) is 89.8 Å². The Morgan fingerprint density at radius 3 is 1.55 bits per heavy atom. The SMILES string of the molecule is CC12CCC(CN(C(=O)c3ccc(CNC(=O)c4ccccc4)cc3)C1)C2(C)C.O=C(NCc1ccc(C(=O)N2C3CCC2CC(O)C3)cc1)c1ccccc1. The van der Waals surface area contributed by atoms with Gasteiger partial charge in [0, 0.05) is 60.5 Å². The summed E-state index contributed by atoms with van der Waals surface area (Å²) in [5, 5.41) is 15.7. The number of fused-ring (bicyclic) bond motifs is 4. The predicted octanol–water partition coefficient (Wildman–Crippen LogP) is 7.26. The van der Waals surface area contributed by atoms with E-state index in [1.54, 1.807) is 24.3 Å². The fourth-order valence-corrected chi connectivity index (χ4v) is 9.27. The fraction of sp³-hybridized carbons (Fsp3) is 0.404. The molecule has 1 saturated carbocycles. The maximum Gasteiger partial charge on any atom is 0.254 e. The van der Waals surface area contributed by atoms with Crippen LogP contribution in [0.1, 0.15) is 112 Å². The molecule has 3 N–H and O–H groups in total. The molecule has 4 aromatic rings. The van der Waals surface area contributed by atoms with Gasteiger partial charge in [0.25, 0.3) is 23.6 Å². The molecule has 4 aromatic carbocycles. The van der Waals surface area contributed by atoms with E-state index in [9.17, 15) is 24.3 Å². The van der Waals surface area contributed by atoms with Crippen molar-refractivity contribution in [1.82, 2.24) is 20.4 Å². The van der Waals surface area contributed by atoms with E-state index >= 15 is 0 Å². The van der Waals surface area contributed by atoms with Crippen molar-refractivity contribution < 1.29 is 24.3 Å². The number of nitrogens with zero attached hydrogens (tertiary/aromatic N) is 2. The van der Waals surface area contributed by atoms with Crippen LogP contribution in [-0.4, -0.2) is 69.8 Å². The number of amides is 4. The smallest absolute Gasteiger partial charge is 0.254 e. The van der Waals surface area contributed by atoms with Gasteiger partial charge in [-0.3, -0.25) is 19.2 Å². The van der Waals surface area contributed by atoms with Crippen molar-refractivity contribution in [1.29, 1.82) is 0 Å². The summed E-state index contributed by atoms with van der Waals surface area (Å²) < 4.78 is 0. The number of piperidine rings is 2. The minimum Gasteiger partial charge on any atom is -0.393 e. The molecule has 4 amide bonds. The highest BCUT2D eigenvalue weighted by molar-refractivity contribution is 5.96. The van der Waals surface area contributed by atoms with Crippen molar-refractivity contribution in [3.05, 3.63) is 143 Å². The van der Waals surface area contributed by atoms with E-state index in [0.29, 0.717) is 54.0 Å². The summed E-state index contributed by atoms with van der Waals surface area (Å²) >= 11 is 0. The van der Waals surface area contributed by atoms with Crippen molar-refractivity contribution in [3.63, 3.8) is 0 Å². The first-order valence-electron chi connectivity index (χ1n) is 20.1. The van der Waals surface area contributed by atoms with E-state index < -0.39 is 0 Å². The topological polar surface area (TPSA) is 119 Å². The van der Waals surface area contributed by atoms with Gasteiger partial charge in [-0.25, -0.2) is 0 Å². The molecule has 4 aliphatic rings. The van der Waals surface area contributed by atoms with Gasteiger partial charge in [-0.05, 0) is 115 Å². The maximum atomic E-state index is 13.1. The Morgan fingerprint density at radius 1 is 0.625 bits per heavy atom. The molecule has 9 heteroatoms. The van der Waals surface area contributed by atoms with Crippen molar-refractivity contribution >= 4 is 23.6 Å². The van der Waals surface area contributed by atoms with E-state index in [4.69, 9.17) is 0 Å². The second-order valence-electron chi connectivity index (χ2n) is 16.9. The molecule has 4 fully saturated rings. The lowest BCUT2D eigenvalue weighted by atomic mass is 9.63. The Kier molecular flexibility index (Phi) is 11.4. The zero-order chi connectivity index (χ0) is 39.5. The van der Waals surface area contributed by atoms with Crippen LogP contribution in [-0.2, 0) is 13.1 Å². The number of carbonyl (C=O) groups is 4. The number of aliphatic hydroxyl groups is 1. The highest BCUT2D eigenvalue weighted by Gasteiger charge is 2.56. The van der Waals surface area contributed by atoms with E-state index in [1.165, 1.54) is 12.8 Å². The number of hydrogen-bond acceptors (Lipinski definition) is 5. The quantitative estimate of drug-likeness (QED) is 0.175. The average molecular weight is 755 g/mol. The minimum atomic E-state index is -0.276. The lowest BCUT2D eigenvalue weighted by Gasteiger charge is -2.50. The molecule has 292 valence electrons. The molecule has 8 rings (SSSR count). The summed E-state index contributed by atoms with van der Waals surface area (Å²) in [5.74, 6) is 0.551. The summed E-state index contributed by atoms with van der Waals surface area (Å²) in [6.45, 7) is 9.63. The Morgan fingerprint density at radius 2 is 1.09 bits per heavy atom.